The van der Waals surface area contributed by atoms with Gasteiger partial charge in [0.1, 0.15) is 0 Å². The monoisotopic (exact) mass is 313 g/mol. The largest absolute Gasteiger partial charge is 0.274 e. The number of amides is 1. The van der Waals surface area contributed by atoms with E-state index in [9.17, 15) is 13.2 Å². The Kier molecular flexibility index (Phi) is 5.12. The zero-order chi connectivity index (χ0) is 15.5. The Hall–Kier alpha value is -0.840. The van der Waals surface area contributed by atoms with Gasteiger partial charge in [0.05, 0.1) is 4.75 Å². The minimum absolute atomic E-state index is 0.144. The molecule has 2 saturated carbocycles. The van der Waals surface area contributed by atoms with E-state index in [1.54, 1.807) is 0 Å². The van der Waals surface area contributed by atoms with E-state index in [2.05, 4.69) is 23.8 Å². The van der Waals surface area contributed by atoms with Gasteiger partial charge < -0.3 is 0 Å². The van der Waals surface area contributed by atoms with Crippen LogP contribution < -0.4 is 4.72 Å². The number of allylic oxidation sites excluding steroid dienone is 2. The van der Waals surface area contributed by atoms with Gasteiger partial charge in [0.15, 0.2) is 0 Å². The SMILES string of the molecule is CCCCC/C=C\C1C[C@@H]1C(=O)NS(=O)(=O)C1(CC)CC1. The summed E-state index contributed by atoms with van der Waals surface area (Å²) in [5.41, 5.74) is 0. The molecule has 5 heteroatoms. The Morgan fingerprint density at radius 2 is 2.00 bits per heavy atom. The first kappa shape index (κ1) is 16.5. The van der Waals surface area contributed by atoms with Crippen molar-refractivity contribution in [2.24, 2.45) is 11.8 Å². The molecule has 0 saturated heterocycles. The van der Waals surface area contributed by atoms with Crippen LogP contribution in [-0.4, -0.2) is 19.1 Å². The molecule has 2 atom stereocenters. The van der Waals surface area contributed by atoms with Crippen LogP contribution in [0.5, 0.6) is 0 Å². The van der Waals surface area contributed by atoms with Crippen LogP contribution in [0.4, 0.5) is 0 Å². The van der Waals surface area contributed by atoms with Crippen LogP contribution in [0.3, 0.4) is 0 Å². The van der Waals surface area contributed by atoms with E-state index in [4.69, 9.17) is 0 Å². The molecule has 2 aliphatic carbocycles. The number of rotatable bonds is 9. The highest BCUT2D eigenvalue weighted by atomic mass is 32.2. The molecule has 2 fully saturated rings. The Morgan fingerprint density at radius 1 is 1.29 bits per heavy atom. The van der Waals surface area contributed by atoms with Gasteiger partial charge in [-0.15, -0.1) is 0 Å². The van der Waals surface area contributed by atoms with Crippen molar-refractivity contribution < 1.29 is 13.2 Å². The summed E-state index contributed by atoms with van der Waals surface area (Å²) < 4.78 is 26.0. The van der Waals surface area contributed by atoms with Crippen molar-refractivity contribution in [3.8, 4) is 0 Å². The Balaban J connectivity index is 1.76. The van der Waals surface area contributed by atoms with Gasteiger partial charge in [0.2, 0.25) is 15.9 Å². The van der Waals surface area contributed by atoms with Crippen LogP contribution in [-0.2, 0) is 14.8 Å². The van der Waals surface area contributed by atoms with Crippen molar-refractivity contribution >= 4 is 15.9 Å². The summed E-state index contributed by atoms with van der Waals surface area (Å²) in [6.45, 7) is 4.05. The lowest BCUT2D eigenvalue weighted by molar-refractivity contribution is -0.120. The molecule has 2 aliphatic rings. The van der Waals surface area contributed by atoms with Crippen molar-refractivity contribution in [1.29, 1.82) is 0 Å². The average molecular weight is 313 g/mol. The van der Waals surface area contributed by atoms with Gasteiger partial charge in [-0.25, -0.2) is 8.42 Å². The molecule has 0 bridgehead atoms. The molecule has 1 amide bonds. The predicted molar refractivity (Wildman–Crippen MR) is 84.2 cm³/mol. The molecule has 0 aromatic heterocycles. The molecule has 1 unspecified atom stereocenters. The predicted octanol–water partition coefficient (Wildman–Crippen LogP) is 3.15. The minimum atomic E-state index is -3.48. The lowest BCUT2D eigenvalue weighted by atomic mass is 10.2. The number of hydrogen-bond acceptors (Lipinski definition) is 3. The molecule has 120 valence electrons. The van der Waals surface area contributed by atoms with E-state index in [0.717, 1.165) is 12.8 Å². The maximum absolute atomic E-state index is 12.2. The quantitative estimate of drug-likeness (QED) is 0.525. The first-order chi connectivity index (χ1) is 9.96. The molecular formula is C16H27NO3S. The van der Waals surface area contributed by atoms with Crippen molar-refractivity contribution in [1.82, 2.24) is 4.72 Å². The minimum Gasteiger partial charge on any atom is -0.274 e. The summed E-state index contributed by atoms with van der Waals surface area (Å²) in [5, 5.41) is 0. The van der Waals surface area contributed by atoms with Gasteiger partial charge in [0, 0.05) is 5.92 Å². The third kappa shape index (κ3) is 3.87. The summed E-state index contributed by atoms with van der Waals surface area (Å²) in [6, 6.07) is 0. The van der Waals surface area contributed by atoms with Crippen LogP contribution >= 0.6 is 0 Å². The summed E-state index contributed by atoms with van der Waals surface area (Å²) in [6.07, 6.45) is 11.6. The molecule has 21 heavy (non-hydrogen) atoms. The molecule has 0 aromatic rings. The molecule has 0 heterocycles. The van der Waals surface area contributed by atoms with Crippen LogP contribution in [0, 0.1) is 11.8 Å². The van der Waals surface area contributed by atoms with Crippen molar-refractivity contribution in [2.75, 3.05) is 0 Å². The first-order valence-corrected chi connectivity index (χ1v) is 9.67. The third-order valence-corrected chi connectivity index (χ3v) is 7.10. The molecule has 0 radical (unpaired) electrons. The van der Waals surface area contributed by atoms with Gasteiger partial charge >= 0.3 is 0 Å². The van der Waals surface area contributed by atoms with Crippen LogP contribution in [0.2, 0.25) is 0 Å². The highest BCUT2D eigenvalue weighted by Crippen LogP contribution is 2.46. The second kappa shape index (κ2) is 6.51. The van der Waals surface area contributed by atoms with Gasteiger partial charge in [-0.3, -0.25) is 9.52 Å². The molecule has 0 spiro atoms. The zero-order valence-corrected chi connectivity index (χ0v) is 13.9. The second-order valence-corrected chi connectivity index (χ2v) is 8.51. The maximum atomic E-state index is 12.2. The smallest absolute Gasteiger partial charge is 0.240 e. The highest BCUT2D eigenvalue weighted by Gasteiger charge is 2.54. The third-order valence-electron chi connectivity index (χ3n) is 4.79. The van der Waals surface area contributed by atoms with E-state index in [0.29, 0.717) is 19.3 Å². The molecule has 0 aliphatic heterocycles. The number of carbonyl (C=O) groups is 1. The topological polar surface area (TPSA) is 63.2 Å². The van der Waals surface area contributed by atoms with Crippen LogP contribution in [0.15, 0.2) is 12.2 Å². The fraction of sp³-hybridized carbons (Fsp3) is 0.812. The van der Waals surface area contributed by atoms with Crippen molar-refractivity contribution in [3.63, 3.8) is 0 Å². The first-order valence-electron chi connectivity index (χ1n) is 8.18. The summed E-state index contributed by atoms with van der Waals surface area (Å²) in [5.74, 6) is -0.216. The standard InChI is InChI=1S/C16H27NO3S/c1-3-5-6-7-8-9-13-12-14(13)15(18)17-21(19,20)16(4-2)10-11-16/h8-9,13-14H,3-7,10-12H2,1-2H3,(H,17,18)/b9-8-/t13?,14-/m0/s1. The number of hydrogen-bond donors (Lipinski definition) is 1. The van der Waals surface area contributed by atoms with E-state index in [1.165, 1.54) is 19.3 Å². The molecule has 2 rings (SSSR count). The van der Waals surface area contributed by atoms with E-state index >= 15 is 0 Å². The molecular weight excluding hydrogens is 286 g/mol. The van der Waals surface area contributed by atoms with Crippen LogP contribution in [0.1, 0.15) is 65.2 Å². The molecule has 1 N–H and O–H groups in total. The fourth-order valence-electron chi connectivity index (χ4n) is 2.78. The van der Waals surface area contributed by atoms with Gasteiger partial charge in [-0.1, -0.05) is 38.8 Å². The second-order valence-electron chi connectivity index (χ2n) is 6.44. The summed E-state index contributed by atoms with van der Waals surface area (Å²) in [4.78, 5) is 12.0. The number of unbranched alkanes of at least 4 members (excludes halogenated alkanes) is 3. The number of sulfonamides is 1. The Bertz CT molecular complexity index is 506. The number of nitrogens with one attached hydrogen (secondary N) is 1. The Labute approximate surface area is 128 Å². The normalized spacial score (nSPS) is 26.8. The fourth-order valence-corrected chi connectivity index (χ4v) is 4.43. The van der Waals surface area contributed by atoms with E-state index in [1.807, 2.05) is 6.92 Å². The van der Waals surface area contributed by atoms with Gasteiger partial charge in [0.25, 0.3) is 0 Å². The van der Waals surface area contributed by atoms with Crippen molar-refractivity contribution in [3.05, 3.63) is 12.2 Å². The van der Waals surface area contributed by atoms with Gasteiger partial charge in [-0.05, 0) is 44.4 Å². The lowest BCUT2D eigenvalue weighted by Crippen LogP contribution is -2.40. The highest BCUT2D eigenvalue weighted by molar-refractivity contribution is 7.91. The summed E-state index contributed by atoms with van der Waals surface area (Å²) >= 11 is 0. The van der Waals surface area contributed by atoms with Crippen molar-refractivity contribution in [2.45, 2.75) is 70.0 Å². The molecule has 0 aromatic carbocycles. The van der Waals surface area contributed by atoms with Crippen LogP contribution in [0.25, 0.3) is 0 Å². The zero-order valence-electron chi connectivity index (χ0n) is 13.1. The average Bonchev–Trinajstić information content (AvgIpc) is 3.32. The number of carbonyl (C=O) groups excluding carboxylic acids is 1. The maximum Gasteiger partial charge on any atom is 0.240 e. The molecule has 4 nitrogen and oxygen atoms in total. The van der Waals surface area contributed by atoms with E-state index < -0.39 is 14.8 Å². The van der Waals surface area contributed by atoms with Gasteiger partial charge in [-0.2, -0.15) is 0 Å². The lowest BCUT2D eigenvalue weighted by Gasteiger charge is -2.14. The van der Waals surface area contributed by atoms with E-state index in [-0.39, 0.29) is 17.7 Å². The Morgan fingerprint density at radius 3 is 2.57 bits per heavy atom. The summed E-state index contributed by atoms with van der Waals surface area (Å²) in [7, 11) is -3.48.